The third-order valence-corrected chi connectivity index (χ3v) is 6.17. The number of carbonyl (C=O) groups is 1. The van der Waals surface area contributed by atoms with Crippen molar-refractivity contribution in [2.45, 2.75) is 28.8 Å². The monoisotopic (exact) mass is 529 g/mol. The molecule has 4 heteroatoms. The Balaban J connectivity index is 1.75. The molecule has 0 spiro atoms. The number of benzene rings is 2. The summed E-state index contributed by atoms with van der Waals surface area (Å²) in [5, 5.41) is 3.61. The molecule has 25 heavy (non-hydrogen) atoms. The summed E-state index contributed by atoms with van der Waals surface area (Å²) in [6, 6.07) is 20.8. The molecular formula is C21H25N2OPb. The number of carbonyl (C=O) groups excluding carboxylic acids is 1. The van der Waals surface area contributed by atoms with E-state index < -0.39 is 0 Å². The number of likely N-dealkylation sites (tertiary alicyclic amines) is 1. The summed E-state index contributed by atoms with van der Waals surface area (Å²) in [6.45, 7) is 2.76. The standard InChI is InChI=1S/C21H25N2O.Pb/c1-2-14-22-19-13-15-23(16-19)21(24)20(17-9-5-3-6-10-17)18-11-7-4-8-12-18;/h3-12,19-20,22H,1-2,13-16H2;. The maximum atomic E-state index is 13.3. The maximum absolute atomic E-state index is 13.3. The molecule has 3 radical (unpaired) electrons. The Hall–Kier alpha value is -1.21. The minimum atomic E-state index is -0.206. The summed E-state index contributed by atoms with van der Waals surface area (Å²) >= 11 is 1.27. The van der Waals surface area contributed by atoms with Crippen molar-refractivity contribution in [2.24, 2.45) is 0 Å². The molecule has 0 aromatic heterocycles. The molecule has 2 aromatic rings. The molecule has 3 nitrogen and oxygen atoms in total. The Morgan fingerprint density at radius 3 is 2.24 bits per heavy atom. The minimum absolute atomic E-state index is 0.206. The molecule has 1 unspecified atom stereocenters. The zero-order valence-electron chi connectivity index (χ0n) is 14.5. The Morgan fingerprint density at radius 1 is 1.08 bits per heavy atom. The van der Waals surface area contributed by atoms with Crippen LogP contribution in [0, 0.1) is 0 Å². The summed E-state index contributed by atoms with van der Waals surface area (Å²) in [4.78, 5) is 15.4. The van der Waals surface area contributed by atoms with Gasteiger partial charge in [0, 0.05) is 0 Å². The van der Waals surface area contributed by atoms with Gasteiger partial charge < -0.3 is 0 Å². The van der Waals surface area contributed by atoms with Crippen molar-refractivity contribution in [3.8, 4) is 0 Å². The van der Waals surface area contributed by atoms with E-state index in [1.165, 1.54) is 36.2 Å². The van der Waals surface area contributed by atoms with Gasteiger partial charge in [-0.25, -0.2) is 0 Å². The van der Waals surface area contributed by atoms with Gasteiger partial charge in [0.15, 0.2) is 0 Å². The van der Waals surface area contributed by atoms with Gasteiger partial charge in [-0.1, -0.05) is 12.1 Å². The van der Waals surface area contributed by atoms with Crippen LogP contribution in [0.2, 0.25) is 3.98 Å². The second-order valence-electron chi connectivity index (χ2n) is 6.58. The van der Waals surface area contributed by atoms with E-state index in [1.54, 1.807) is 0 Å². The molecule has 1 aliphatic rings. The Kier molecular flexibility index (Phi) is 7.04. The van der Waals surface area contributed by atoms with Gasteiger partial charge in [0.25, 0.3) is 0 Å². The van der Waals surface area contributed by atoms with Crippen LogP contribution in [0.3, 0.4) is 0 Å². The van der Waals surface area contributed by atoms with Crippen molar-refractivity contribution in [2.75, 3.05) is 19.6 Å². The Morgan fingerprint density at radius 2 is 1.68 bits per heavy atom. The van der Waals surface area contributed by atoms with E-state index >= 15 is 0 Å². The van der Waals surface area contributed by atoms with E-state index in [2.05, 4.69) is 29.6 Å². The number of nitrogens with one attached hydrogen (secondary N) is 1. The van der Waals surface area contributed by atoms with E-state index in [9.17, 15) is 4.79 Å². The Bertz CT molecular complexity index is 623. The molecule has 2 aromatic carbocycles. The fraction of sp³-hybridized carbons (Fsp3) is 0.381. The van der Waals surface area contributed by atoms with Gasteiger partial charge >= 0.3 is 155 Å². The SMILES string of the molecule is O=C(C(c1ccccc1)c1ccccc1)N1CCC(NCC[CH2][Pb])C1. The molecule has 129 valence electrons. The van der Waals surface area contributed by atoms with Gasteiger partial charge in [-0.3, -0.25) is 0 Å². The second-order valence-corrected chi connectivity index (χ2v) is 8.53. The average molecular weight is 529 g/mol. The zero-order valence-corrected chi connectivity index (χ0v) is 18.4. The summed E-state index contributed by atoms with van der Waals surface area (Å²) < 4.78 is 1.34. The van der Waals surface area contributed by atoms with Crippen LogP contribution in [0.5, 0.6) is 0 Å². The molecule has 1 amide bonds. The van der Waals surface area contributed by atoms with Gasteiger partial charge in [-0.2, -0.15) is 0 Å². The van der Waals surface area contributed by atoms with E-state index in [1.807, 2.05) is 41.3 Å². The molecule has 3 rings (SSSR count). The number of hydrogen-bond donors (Lipinski definition) is 1. The van der Waals surface area contributed by atoms with Crippen molar-refractivity contribution in [3.05, 3.63) is 71.8 Å². The van der Waals surface area contributed by atoms with Crippen molar-refractivity contribution < 1.29 is 4.79 Å². The predicted molar refractivity (Wildman–Crippen MR) is 103 cm³/mol. The molecule has 0 aliphatic carbocycles. The van der Waals surface area contributed by atoms with Crippen LogP contribution < -0.4 is 5.32 Å². The average Bonchev–Trinajstić information content (AvgIpc) is 3.13. The van der Waals surface area contributed by atoms with Crippen molar-refractivity contribution in [3.63, 3.8) is 0 Å². The molecule has 0 bridgehead atoms. The van der Waals surface area contributed by atoms with Gasteiger partial charge in [0.2, 0.25) is 0 Å². The fourth-order valence-electron chi connectivity index (χ4n) is 3.47. The van der Waals surface area contributed by atoms with E-state index in [4.69, 9.17) is 0 Å². The van der Waals surface area contributed by atoms with Gasteiger partial charge in [0.1, 0.15) is 0 Å². The normalized spacial score (nSPS) is 17.2. The molecular weight excluding hydrogens is 503 g/mol. The van der Waals surface area contributed by atoms with Crippen LogP contribution in [0.4, 0.5) is 0 Å². The molecule has 1 atom stereocenters. The number of nitrogens with zero attached hydrogens (tertiary/aromatic N) is 1. The summed E-state index contributed by atoms with van der Waals surface area (Å²) in [7, 11) is 0. The van der Waals surface area contributed by atoms with Gasteiger partial charge in [0.05, 0.1) is 0 Å². The molecule has 1 aliphatic heterocycles. The molecule has 1 saturated heterocycles. The van der Waals surface area contributed by atoms with Crippen LogP contribution in [-0.2, 0) is 4.79 Å². The molecule has 1 N–H and O–H groups in total. The first kappa shape index (κ1) is 18.6. The van der Waals surface area contributed by atoms with Crippen LogP contribution in [0.25, 0.3) is 0 Å². The topological polar surface area (TPSA) is 32.3 Å². The third kappa shape index (κ3) is 4.91. The van der Waals surface area contributed by atoms with E-state index in [-0.39, 0.29) is 11.8 Å². The predicted octanol–water partition coefficient (Wildman–Crippen LogP) is 2.99. The van der Waals surface area contributed by atoms with Gasteiger partial charge in [-0.15, -0.1) is 0 Å². The van der Waals surface area contributed by atoms with E-state index in [0.29, 0.717) is 6.04 Å². The quantitative estimate of drug-likeness (QED) is 0.443. The van der Waals surface area contributed by atoms with Crippen LogP contribution in [0.15, 0.2) is 60.7 Å². The first-order valence-electron chi connectivity index (χ1n) is 9.06. The fourth-order valence-corrected chi connectivity index (χ4v) is 4.16. The summed E-state index contributed by atoms with van der Waals surface area (Å²) in [5.74, 6) is 0.0207. The molecule has 1 fully saturated rings. The third-order valence-electron chi connectivity index (χ3n) is 4.80. The first-order valence-corrected chi connectivity index (χ1v) is 11.8. The summed E-state index contributed by atoms with van der Waals surface area (Å²) in [6.07, 6.45) is 2.32. The first-order chi connectivity index (χ1) is 12.3. The van der Waals surface area contributed by atoms with Crippen molar-refractivity contribution in [1.29, 1.82) is 0 Å². The summed E-state index contributed by atoms with van der Waals surface area (Å²) in [5.41, 5.74) is 2.15. The van der Waals surface area contributed by atoms with Crippen molar-refractivity contribution >= 4 is 31.7 Å². The van der Waals surface area contributed by atoms with Crippen LogP contribution in [-0.4, -0.2) is 62.3 Å². The molecule has 1 heterocycles. The number of hydrogen-bond acceptors (Lipinski definition) is 2. The van der Waals surface area contributed by atoms with Crippen molar-refractivity contribution in [1.82, 2.24) is 10.2 Å². The molecule has 0 saturated carbocycles. The van der Waals surface area contributed by atoms with Crippen LogP contribution in [0.1, 0.15) is 29.9 Å². The van der Waals surface area contributed by atoms with Gasteiger partial charge in [-0.05, 0) is 0 Å². The number of amides is 1. The van der Waals surface area contributed by atoms with E-state index in [0.717, 1.165) is 37.2 Å². The second kappa shape index (κ2) is 9.48. The van der Waals surface area contributed by atoms with Crippen LogP contribution >= 0.6 is 0 Å². The zero-order chi connectivity index (χ0) is 17.5. The number of rotatable bonds is 7. The Labute approximate surface area is 166 Å².